The van der Waals surface area contributed by atoms with Gasteiger partial charge in [-0.25, -0.2) is 9.67 Å². The van der Waals surface area contributed by atoms with Crippen molar-refractivity contribution in [2.24, 2.45) is 0 Å². The zero-order valence-corrected chi connectivity index (χ0v) is 11.5. The van der Waals surface area contributed by atoms with Gasteiger partial charge in [-0.15, -0.1) is 0 Å². The summed E-state index contributed by atoms with van der Waals surface area (Å²) in [6, 6.07) is 1.91. The first kappa shape index (κ1) is 13.3. The van der Waals surface area contributed by atoms with E-state index in [-0.39, 0.29) is 0 Å². The molecule has 0 aliphatic rings. The van der Waals surface area contributed by atoms with Gasteiger partial charge in [0.1, 0.15) is 0 Å². The fourth-order valence-electron chi connectivity index (χ4n) is 1.55. The van der Waals surface area contributed by atoms with E-state index in [4.69, 9.17) is 23.2 Å². The molecule has 96 valence electrons. The predicted molar refractivity (Wildman–Crippen MR) is 73.4 cm³/mol. The lowest BCUT2D eigenvalue weighted by Gasteiger charge is -2.07. The Kier molecular flexibility index (Phi) is 4.58. The maximum atomic E-state index is 6.11. The molecule has 0 fully saturated rings. The molecular formula is C12H14Cl2N4. The lowest BCUT2D eigenvalue weighted by atomic mass is 10.2. The lowest BCUT2D eigenvalue weighted by molar-refractivity contribution is 0.674. The van der Waals surface area contributed by atoms with Crippen LogP contribution in [-0.4, -0.2) is 21.3 Å². The van der Waals surface area contributed by atoms with Crippen molar-refractivity contribution in [3.8, 4) is 5.82 Å². The molecule has 2 aromatic heterocycles. The van der Waals surface area contributed by atoms with Gasteiger partial charge < -0.3 is 5.32 Å². The second-order valence-corrected chi connectivity index (χ2v) is 4.76. The molecule has 0 radical (unpaired) electrons. The van der Waals surface area contributed by atoms with E-state index in [1.165, 1.54) is 0 Å². The normalized spacial score (nSPS) is 10.8. The molecule has 0 saturated heterocycles. The number of nitrogens with one attached hydrogen (secondary N) is 1. The summed E-state index contributed by atoms with van der Waals surface area (Å²) in [5.41, 5.74) is 1.00. The Morgan fingerprint density at radius 2 is 2.17 bits per heavy atom. The zero-order chi connectivity index (χ0) is 13.0. The van der Waals surface area contributed by atoms with Crippen molar-refractivity contribution in [3.63, 3.8) is 0 Å². The molecule has 2 rings (SSSR count). The number of pyridine rings is 1. The lowest BCUT2D eigenvalue weighted by Crippen LogP contribution is -2.14. The minimum absolute atomic E-state index is 0.581. The van der Waals surface area contributed by atoms with Crippen LogP contribution in [0.3, 0.4) is 0 Å². The number of nitrogens with zero attached hydrogens (tertiary/aromatic N) is 3. The fraction of sp³-hybridized carbons (Fsp3) is 0.333. The third-order valence-electron chi connectivity index (χ3n) is 2.45. The van der Waals surface area contributed by atoms with Crippen LogP contribution in [0, 0.1) is 0 Å². The van der Waals surface area contributed by atoms with Gasteiger partial charge in [0.25, 0.3) is 0 Å². The van der Waals surface area contributed by atoms with E-state index < -0.39 is 0 Å². The van der Waals surface area contributed by atoms with Crippen molar-refractivity contribution in [1.29, 1.82) is 0 Å². The quantitative estimate of drug-likeness (QED) is 0.858. The van der Waals surface area contributed by atoms with Crippen LogP contribution in [0.25, 0.3) is 5.82 Å². The molecule has 0 aliphatic carbocycles. The average molecular weight is 285 g/mol. The Balaban J connectivity index is 2.20. The standard InChI is InChI=1S/C12H14Cl2N4/c1-2-3-15-5-9-4-12(16-7-11(9)14)18-8-10(13)6-17-18/h4,6-8,15H,2-3,5H2,1H3. The van der Waals surface area contributed by atoms with E-state index in [0.717, 1.165) is 25.1 Å². The van der Waals surface area contributed by atoms with Crippen molar-refractivity contribution in [2.45, 2.75) is 19.9 Å². The first-order valence-electron chi connectivity index (χ1n) is 5.76. The summed E-state index contributed by atoms with van der Waals surface area (Å²) in [5, 5.41) is 8.65. The molecule has 0 spiro atoms. The van der Waals surface area contributed by atoms with Crippen LogP contribution in [0.15, 0.2) is 24.7 Å². The molecule has 4 nitrogen and oxygen atoms in total. The van der Waals surface area contributed by atoms with Crippen LogP contribution >= 0.6 is 23.2 Å². The van der Waals surface area contributed by atoms with Gasteiger partial charge in [-0.05, 0) is 24.6 Å². The Labute approximate surface area is 116 Å². The van der Waals surface area contributed by atoms with Gasteiger partial charge in [0.05, 0.1) is 22.4 Å². The summed E-state index contributed by atoms with van der Waals surface area (Å²) in [5.74, 6) is 0.708. The van der Waals surface area contributed by atoms with Gasteiger partial charge in [-0.3, -0.25) is 0 Å². The topological polar surface area (TPSA) is 42.7 Å². The van der Waals surface area contributed by atoms with Crippen LogP contribution in [0.1, 0.15) is 18.9 Å². The first-order valence-corrected chi connectivity index (χ1v) is 6.52. The molecule has 0 bridgehead atoms. The molecule has 0 aliphatic heterocycles. The average Bonchev–Trinajstić information content (AvgIpc) is 2.78. The van der Waals surface area contributed by atoms with E-state index >= 15 is 0 Å². The minimum atomic E-state index is 0.581. The van der Waals surface area contributed by atoms with Crippen LogP contribution in [0.2, 0.25) is 10.0 Å². The number of rotatable bonds is 5. The Morgan fingerprint density at radius 1 is 1.33 bits per heavy atom. The molecule has 0 unspecified atom stereocenters. The summed E-state index contributed by atoms with van der Waals surface area (Å²) < 4.78 is 1.63. The van der Waals surface area contributed by atoms with E-state index in [9.17, 15) is 0 Å². The van der Waals surface area contributed by atoms with E-state index in [0.29, 0.717) is 15.9 Å². The largest absolute Gasteiger partial charge is 0.313 e. The van der Waals surface area contributed by atoms with Crippen LogP contribution < -0.4 is 5.32 Å². The van der Waals surface area contributed by atoms with Crippen molar-refractivity contribution in [2.75, 3.05) is 6.54 Å². The highest BCUT2D eigenvalue weighted by Crippen LogP contribution is 2.18. The third kappa shape index (κ3) is 3.22. The first-order chi connectivity index (χ1) is 8.70. The smallest absolute Gasteiger partial charge is 0.153 e. The van der Waals surface area contributed by atoms with E-state index in [1.807, 2.05) is 6.07 Å². The fourth-order valence-corrected chi connectivity index (χ4v) is 1.86. The summed E-state index contributed by atoms with van der Waals surface area (Å²) in [6.07, 6.45) is 6.01. The second-order valence-electron chi connectivity index (χ2n) is 3.91. The van der Waals surface area contributed by atoms with Crippen molar-refractivity contribution in [1.82, 2.24) is 20.1 Å². The maximum absolute atomic E-state index is 6.11. The number of hydrogen-bond donors (Lipinski definition) is 1. The van der Waals surface area contributed by atoms with Gasteiger partial charge in [0.2, 0.25) is 0 Å². The number of hydrogen-bond acceptors (Lipinski definition) is 3. The van der Waals surface area contributed by atoms with Gasteiger partial charge >= 0.3 is 0 Å². The SMILES string of the molecule is CCCNCc1cc(-n2cc(Cl)cn2)ncc1Cl. The summed E-state index contributed by atoms with van der Waals surface area (Å²) >= 11 is 11.9. The van der Waals surface area contributed by atoms with Crippen LogP contribution in [0.5, 0.6) is 0 Å². The Bertz CT molecular complexity index is 525. The summed E-state index contributed by atoms with van der Waals surface area (Å²) in [4.78, 5) is 4.23. The van der Waals surface area contributed by atoms with Crippen molar-refractivity contribution < 1.29 is 0 Å². The van der Waals surface area contributed by atoms with E-state index in [2.05, 4.69) is 22.3 Å². The molecule has 0 atom stereocenters. The Hall–Kier alpha value is -1.10. The van der Waals surface area contributed by atoms with Gasteiger partial charge in [-0.2, -0.15) is 5.10 Å². The van der Waals surface area contributed by atoms with Crippen molar-refractivity contribution in [3.05, 3.63) is 40.3 Å². The molecule has 0 amide bonds. The van der Waals surface area contributed by atoms with E-state index in [1.54, 1.807) is 23.3 Å². The summed E-state index contributed by atoms with van der Waals surface area (Å²) in [6.45, 7) is 3.80. The molecular weight excluding hydrogens is 271 g/mol. The predicted octanol–water partition coefficient (Wildman–Crippen LogP) is 3.07. The molecule has 1 N–H and O–H groups in total. The maximum Gasteiger partial charge on any atom is 0.153 e. The molecule has 0 saturated carbocycles. The Morgan fingerprint density at radius 3 is 2.83 bits per heavy atom. The minimum Gasteiger partial charge on any atom is -0.313 e. The summed E-state index contributed by atoms with van der Waals surface area (Å²) in [7, 11) is 0. The highest BCUT2D eigenvalue weighted by molar-refractivity contribution is 6.31. The number of halogens is 2. The highest BCUT2D eigenvalue weighted by Gasteiger charge is 2.06. The monoisotopic (exact) mass is 284 g/mol. The van der Waals surface area contributed by atoms with Crippen LogP contribution in [0.4, 0.5) is 0 Å². The second kappa shape index (κ2) is 6.18. The molecule has 18 heavy (non-hydrogen) atoms. The van der Waals surface area contributed by atoms with Gasteiger partial charge in [-0.1, -0.05) is 30.1 Å². The van der Waals surface area contributed by atoms with Gasteiger partial charge in [0.15, 0.2) is 5.82 Å². The zero-order valence-electron chi connectivity index (χ0n) is 10.0. The van der Waals surface area contributed by atoms with Crippen molar-refractivity contribution >= 4 is 23.2 Å². The molecule has 6 heteroatoms. The highest BCUT2D eigenvalue weighted by atomic mass is 35.5. The van der Waals surface area contributed by atoms with Gasteiger partial charge in [0, 0.05) is 12.7 Å². The van der Waals surface area contributed by atoms with Crippen LogP contribution in [-0.2, 0) is 6.54 Å². The molecule has 0 aromatic carbocycles. The molecule has 2 aromatic rings. The molecule has 2 heterocycles. The number of aromatic nitrogens is 3. The third-order valence-corrected chi connectivity index (χ3v) is 2.98.